The van der Waals surface area contributed by atoms with Gasteiger partial charge in [0.15, 0.2) is 6.10 Å². The molecule has 0 heterocycles. The molecule has 1 atom stereocenters. The Morgan fingerprint density at radius 3 is 0.563 bits per heavy atom. The van der Waals surface area contributed by atoms with Crippen LogP contribution in [0.25, 0.3) is 0 Å². The van der Waals surface area contributed by atoms with Crippen molar-refractivity contribution in [3.63, 3.8) is 0 Å². The molecule has 0 unspecified atom stereocenters. The number of ether oxygens (including phenoxy) is 3. The van der Waals surface area contributed by atoms with Crippen LogP contribution in [-0.4, -0.2) is 37.2 Å². The summed E-state index contributed by atoms with van der Waals surface area (Å²) in [6, 6.07) is 0. The third-order valence-electron chi connectivity index (χ3n) is 15.1. The summed E-state index contributed by atoms with van der Waals surface area (Å²) in [5.74, 6) is -0.823. The number of hydrogen-bond donors (Lipinski definition) is 0. The lowest BCUT2D eigenvalue weighted by atomic mass is 10.0. The molecule has 0 saturated carbocycles. The van der Waals surface area contributed by atoms with Crippen LogP contribution in [0.4, 0.5) is 0 Å². The largest absolute Gasteiger partial charge is 0.462 e. The smallest absolute Gasteiger partial charge is 0.306 e. The molecule has 0 aliphatic heterocycles. The summed E-state index contributed by atoms with van der Waals surface area (Å²) >= 11 is 0. The topological polar surface area (TPSA) is 78.9 Å². The van der Waals surface area contributed by atoms with E-state index in [-0.39, 0.29) is 31.1 Å². The van der Waals surface area contributed by atoms with E-state index >= 15 is 0 Å². The van der Waals surface area contributed by atoms with Gasteiger partial charge in [0.25, 0.3) is 0 Å². The molecule has 0 aromatic carbocycles. The lowest BCUT2D eigenvalue weighted by Crippen LogP contribution is -2.30. The van der Waals surface area contributed by atoms with E-state index in [1.54, 1.807) is 0 Å². The number of hydrogen-bond acceptors (Lipinski definition) is 6. The maximum atomic E-state index is 12.9. The summed E-state index contributed by atoms with van der Waals surface area (Å²) in [5, 5.41) is 0. The Balaban J connectivity index is 4.26. The SMILES string of the molecule is CCCCCCCCCCCCCCCCCCCCCCCC(=O)O[C@@H](COC(=O)CCCCCCCCCCCCCCCCC)COC(=O)CCCCCCCCCCCCCCCCCCC. The van der Waals surface area contributed by atoms with Crippen molar-refractivity contribution in [2.24, 2.45) is 0 Å². The Bertz CT molecular complexity index is 1060. The maximum Gasteiger partial charge on any atom is 0.306 e. The first kappa shape index (κ1) is 69.4. The van der Waals surface area contributed by atoms with Gasteiger partial charge >= 0.3 is 17.9 Å². The summed E-state index contributed by atoms with van der Waals surface area (Å²) in [5.41, 5.74) is 0. The average Bonchev–Trinajstić information content (AvgIpc) is 3.37. The Morgan fingerprint density at radius 1 is 0.225 bits per heavy atom. The molecular weight excluding hydrogens is 877 g/mol. The molecule has 0 aromatic heterocycles. The zero-order valence-corrected chi connectivity index (χ0v) is 48.5. The summed E-state index contributed by atoms with van der Waals surface area (Å²) in [4.78, 5) is 38.3. The van der Waals surface area contributed by atoms with Gasteiger partial charge in [-0.25, -0.2) is 0 Å². The van der Waals surface area contributed by atoms with Gasteiger partial charge in [0, 0.05) is 19.3 Å². The van der Waals surface area contributed by atoms with Gasteiger partial charge in [-0.05, 0) is 19.3 Å². The number of esters is 3. The molecule has 0 radical (unpaired) electrons. The van der Waals surface area contributed by atoms with E-state index < -0.39 is 6.10 Å². The predicted molar refractivity (Wildman–Crippen MR) is 307 cm³/mol. The van der Waals surface area contributed by atoms with E-state index in [9.17, 15) is 14.4 Å². The predicted octanol–water partition coefficient (Wildman–Crippen LogP) is 21.9. The van der Waals surface area contributed by atoms with Crippen LogP contribution in [-0.2, 0) is 28.6 Å². The van der Waals surface area contributed by atoms with Gasteiger partial charge in [0.05, 0.1) is 0 Å². The fourth-order valence-corrected chi connectivity index (χ4v) is 10.2. The van der Waals surface area contributed by atoms with Gasteiger partial charge in [-0.3, -0.25) is 14.4 Å². The lowest BCUT2D eigenvalue weighted by Gasteiger charge is -2.18. The highest BCUT2D eigenvalue weighted by Crippen LogP contribution is 2.19. The van der Waals surface area contributed by atoms with Crippen LogP contribution in [0, 0.1) is 0 Å². The van der Waals surface area contributed by atoms with Crippen molar-refractivity contribution in [1.29, 1.82) is 0 Å². The fourth-order valence-electron chi connectivity index (χ4n) is 10.2. The molecule has 0 N–H and O–H groups in total. The van der Waals surface area contributed by atoms with E-state index in [0.717, 1.165) is 57.8 Å². The summed E-state index contributed by atoms with van der Waals surface area (Å²) in [7, 11) is 0. The van der Waals surface area contributed by atoms with Gasteiger partial charge in [-0.2, -0.15) is 0 Å². The molecule has 422 valence electrons. The van der Waals surface area contributed by atoms with Gasteiger partial charge in [0.2, 0.25) is 0 Å². The molecule has 0 spiro atoms. The second kappa shape index (κ2) is 61.0. The van der Waals surface area contributed by atoms with E-state index in [0.29, 0.717) is 19.3 Å². The minimum atomic E-state index is -0.762. The van der Waals surface area contributed by atoms with E-state index in [1.165, 1.54) is 283 Å². The average molecular weight is 1000 g/mol. The van der Waals surface area contributed by atoms with Crippen molar-refractivity contribution in [2.75, 3.05) is 13.2 Å². The van der Waals surface area contributed by atoms with Crippen LogP contribution < -0.4 is 0 Å². The molecule has 0 aliphatic rings. The fraction of sp³-hybridized carbons (Fsp3) is 0.954. The Morgan fingerprint density at radius 2 is 0.380 bits per heavy atom. The maximum absolute atomic E-state index is 12.9. The molecule has 0 bridgehead atoms. The highest BCUT2D eigenvalue weighted by atomic mass is 16.6. The molecule has 0 fully saturated rings. The Kier molecular flexibility index (Phi) is 59.6. The van der Waals surface area contributed by atoms with Crippen LogP contribution in [0.3, 0.4) is 0 Å². The zero-order valence-electron chi connectivity index (χ0n) is 48.5. The van der Waals surface area contributed by atoms with Crippen molar-refractivity contribution in [3.8, 4) is 0 Å². The van der Waals surface area contributed by atoms with E-state index in [2.05, 4.69) is 20.8 Å². The lowest BCUT2D eigenvalue weighted by molar-refractivity contribution is -0.167. The highest BCUT2D eigenvalue weighted by Gasteiger charge is 2.19. The van der Waals surface area contributed by atoms with Crippen molar-refractivity contribution in [1.82, 2.24) is 0 Å². The van der Waals surface area contributed by atoms with E-state index in [1.807, 2.05) is 0 Å². The van der Waals surface area contributed by atoms with Gasteiger partial charge in [-0.15, -0.1) is 0 Å². The summed E-state index contributed by atoms with van der Waals surface area (Å²) in [6.07, 6.45) is 69.6. The van der Waals surface area contributed by atoms with E-state index in [4.69, 9.17) is 14.2 Å². The first-order valence-electron chi connectivity index (χ1n) is 32.5. The first-order chi connectivity index (χ1) is 35.0. The van der Waals surface area contributed by atoms with Crippen molar-refractivity contribution >= 4 is 17.9 Å². The van der Waals surface area contributed by atoms with Crippen LogP contribution in [0.15, 0.2) is 0 Å². The number of carbonyl (C=O) groups excluding carboxylic acids is 3. The van der Waals surface area contributed by atoms with Crippen molar-refractivity contribution < 1.29 is 28.6 Å². The first-order valence-corrected chi connectivity index (χ1v) is 32.5. The molecule has 71 heavy (non-hydrogen) atoms. The quantitative estimate of drug-likeness (QED) is 0.0343. The minimum absolute atomic E-state index is 0.0604. The van der Waals surface area contributed by atoms with Crippen LogP contribution in [0.1, 0.15) is 380 Å². The third kappa shape index (κ3) is 59.2. The number of carbonyl (C=O) groups is 3. The highest BCUT2D eigenvalue weighted by molar-refractivity contribution is 5.71. The number of unbranched alkanes of at least 4 members (excludes halogenated alkanes) is 50. The molecule has 6 heteroatoms. The number of rotatable bonds is 61. The molecule has 0 aromatic rings. The zero-order chi connectivity index (χ0) is 51.4. The van der Waals surface area contributed by atoms with Gasteiger partial charge in [-0.1, -0.05) is 342 Å². The second-order valence-corrected chi connectivity index (χ2v) is 22.4. The van der Waals surface area contributed by atoms with Crippen molar-refractivity contribution in [3.05, 3.63) is 0 Å². The molecule has 6 nitrogen and oxygen atoms in total. The second-order valence-electron chi connectivity index (χ2n) is 22.4. The Labute approximate surface area is 444 Å². The molecule has 0 amide bonds. The summed E-state index contributed by atoms with van der Waals surface area (Å²) in [6.45, 7) is 6.73. The third-order valence-corrected chi connectivity index (χ3v) is 15.1. The Hall–Kier alpha value is -1.59. The molecular formula is C65H126O6. The van der Waals surface area contributed by atoms with Crippen molar-refractivity contribution in [2.45, 2.75) is 386 Å². The molecule has 0 rings (SSSR count). The van der Waals surface area contributed by atoms with Crippen LogP contribution in [0.2, 0.25) is 0 Å². The normalized spacial score (nSPS) is 11.9. The van der Waals surface area contributed by atoms with Crippen LogP contribution >= 0.6 is 0 Å². The minimum Gasteiger partial charge on any atom is -0.462 e. The summed E-state index contributed by atoms with van der Waals surface area (Å²) < 4.78 is 17.0. The standard InChI is InChI=1S/C65H126O6/c1-4-7-10-13-16-19-22-25-28-30-31-32-33-35-38-41-44-47-50-53-56-59-65(68)71-62(60-69-63(66)57-54-51-48-45-42-39-36-27-24-21-18-15-12-9-6-3)61-70-64(67)58-55-52-49-46-43-40-37-34-29-26-23-20-17-14-11-8-5-2/h62H,4-61H2,1-3H3/t62-/m0/s1. The van der Waals surface area contributed by atoms with Gasteiger partial charge in [0.1, 0.15) is 13.2 Å². The monoisotopic (exact) mass is 1000 g/mol. The molecule has 0 aliphatic carbocycles. The molecule has 0 saturated heterocycles. The van der Waals surface area contributed by atoms with Crippen LogP contribution in [0.5, 0.6) is 0 Å². The van der Waals surface area contributed by atoms with Gasteiger partial charge < -0.3 is 14.2 Å².